The van der Waals surface area contributed by atoms with Gasteiger partial charge in [-0.2, -0.15) is 0 Å². The Balaban J connectivity index is 1.45. The van der Waals surface area contributed by atoms with Crippen LogP contribution in [0.4, 0.5) is 10.1 Å². The molecule has 0 bridgehead atoms. The van der Waals surface area contributed by atoms with E-state index in [1.165, 1.54) is 18.2 Å². The summed E-state index contributed by atoms with van der Waals surface area (Å²) in [5.74, 6) is 0.0793. The first-order valence-corrected chi connectivity index (χ1v) is 10.7. The zero-order chi connectivity index (χ0) is 22.2. The molecule has 0 unspecified atom stereocenters. The van der Waals surface area contributed by atoms with Crippen LogP contribution in [0.2, 0.25) is 5.02 Å². The van der Waals surface area contributed by atoms with E-state index in [4.69, 9.17) is 16.3 Å². The lowest BCUT2D eigenvalue weighted by molar-refractivity contribution is -0.131. The van der Waals surface area contributed by atoms with Crippen molar-refractivity contribution in [1.29, 1.82) is 0 Å². The average molecular weight is 448 g/mol. The maximum atomic E-state index is 13.8. The SMILES string of the molecule is COc1ccc(CCC(=O)N2CCCN(CC(=O)Nc3cc(Cl)ccc3F)CC2)cc1. The molecule has 1 fully saturated rings. The number of hydrogen-bond donors (Lipinski definition) is 1. The van der Waals surface area contributed by atoms with Crippen molar-refractivity contribution in [1.82, 2.24) is 9.80 Å². The van der Waals surface area contributed by atoms with E-state index >= 15 is 0 Å². The molecule has 6 nitrogen and oxygen atoms in total. The molecule has 0 saturated carbocycles. The lowest BCUT2D eigenvalue weighted by Gasteiger charge is -2.22. The van der Waals surface area contributed by atoms with E-state index in [1.807, 2.05) is 34.1 Å². The van der Waals surface area contributed by atoms with Gasteiger partial charge in [0.1, 0.15) is 11.6 Å². The largest absolute Gasteiger partial charge is 0.497 e. The molecule has 1 aliphatic rings. The van der Waals surface area contributed by atoms with Crippen LogP contribution in [0, 0.1) is 5.82 Å². The van der Waals surface area contributed by atoms with Crippen LogP contribution >= 0.6 is 11.6 Å². The number of nitrogens with zero attached hydrogens (tertiary/aromatic N) is 2. The molecule has 2 aromatic carbocycles. The predicted molar refractivity (Wildman–Crippen MR) is 119 cm³/mol. The number of ether oxygens (including phenoxy) is 1. The van der Waals surface area contributed by atoms with Crippen LogP contribution in [-0.2, 0) is 16.0 Å². The van der Waals surface area contributed by atoms with Crippen molar-refractivity contribution in [2.24, 2.45) is 0 Å². The summed E-state index contributed by atoms with van der Waals surface area (Å²) in [5.41, 5.74) is 1.16. The van der Waals surface area contributed by atoms with Gasteiger partial charge in [0.25, 0.3) is 0 Å². The first kappa shape index (κ1) is 23.0. The highest BCUT2D eigenvalue weighted by molar-refractivity contribution is 6.30. The van der Waals surface area contributed by atoms with Gasteiger partial charge in [0.05, 0.1) is 19.3 Å². The highest BCUT2D eigenvalue weighted by Crippen LogP contribution is 2.19. The van der Waals surface area contributed by atoms with E-state index in [0.717, 1.165) is 17.7 Å². The maximum Gasteiger partial charge on any atom is 0.238 e. The monoisotopic (exact) mass is 447 g/mol. The van der Waals surface area contributed by atoms with Gasteiger partial charge in [-0.1, -0.05) is 23.7 Å². The Hall–Kier alpha value is -2.64. The van der Waals surface area contributed by atoms with Gasteiger partial charge >= 0.3 is 0 Å². The van der Waals surface area contributed by atoms with Crippen LogP contribution in [0.3, 0.4) is 0 Å². The van der Waals surface area contributed by atoms with Gasteiger partial charge in [-0.3, -0.25) is 14.5 Å². The first-order valence-electron chi connectivity index (χ1n) is 10.3. The lowest BCUT2D eigenvalue weighted by Crippen LogP contribution is -2.38. The number of hydrogen-bond acceptors (Lipinski definition) is 4. The van der Waals surface area contributed by atoms with Crippen LogP contribution in [0.5, 0.6) is 5.75 Å². The number of anilines is 1. The fraction of sp³-hybridized carbons (Fsp3) is 0.391. The number of carbonyl (C=O) groups is 2. The molecular weight excluding hydrogens is 421 g/mol. The van der Waals surface area contributed by atoms with E-state index in [2.05, 4.69) is 5.32 Å². The maximum absolute atomic E-state index is 13.8. The standard InChI is InChI=1S/C23H27ClFN3O3/c1-31-19-7-3-17(4-8-19)5-10-23(30)28-12-2-11-27(13-14-28)16-22(29)26-21-15-18(24)6-9-20(21)25/h3-4,6-9,15H,2,5,10-14,16H2,1H3,(H,26,29). The van der Waals surface area contributed by atoms with Crippen LogP contribution in [0.1, 0.15) is 18.4 Å². The topological polar surface area (TPSA) is 61.9 Å². The molecule has 1 saturated heterocycles. The van der Waals surface area contributed by atoms with Crippen LogP contribution < -0.4 is 10.1 Å². The Bertz CT molecular complexity index is 907. The van der Waals surface area contributed by atoms with Crippen molar-refractivity contribution in [2.45, 2.75) is 19.3 Å². The van der Waals surface area contributed by atoms with Crippen LogP contribution in [0.25, 0.3) is 0 Å². The van der Waals surface area contributed by atoms with Crippen LogP contribution in [0.15, 0.2) is 42.5 Å². The van der Waals surface area contributed by atoms with Gasteiger partial charge in [0, 0.05) is 37.6 Å². The molecule has 166 valence electrons. The zero-order valence-corrected chi connectivity index (χ0v) is 18.3. The molecule has 3 rings (SSSR count). The lowest BCUT2D eigenvalue weighted by atomic mass is 10.1. The molecule has 0 atom stereocenters. The van der Waals surface area contributed by atoms with Crippen molar-refractivity contribution in [2.75, 3.05) is 45.2 Å². The number of carbonyl (C=O) groups excluding carboxylic acids is 2. The summed E-state index contributed by atoms with van der Waals surface area (Å²) in [4.78, 5) is 28.8. The Kier molecular flexibility index (Phi) is 8.26. The minimum atomic E-state index is -0.526. The van der Waals surface area contributed by atoms with E-state index in [1.54, 1.807) is 7.11 Å². The van der Waals surface area contributed by atoms with E-state index in [-0.39, 0.29) is 24.0 Å². The van der Waals surface area contributed by atoms with Gasteiger partial charge in [-0.05, 0) is 48.7 Å². The molecule has 8 heteroatoms. The number of benzene rings is 2. The number of halogens is 2. The number of rotatable bonds is 7. The third kappa shape index (κ3) is 6.94. The number of methoxy groups -OCH3 is 1. The predicted octanol–water partition coefficient (Wildman–Crippen LogP) is 3.59. The number of nitrogens with one attached hydrogen (secondary N) is 1. The van der Waals surface area contributed by atoms with Gasteiger partial charge in [-0.15, -0.1) is 0 Å². The highest BCUT2D eigenvalue weighted by Gasteiger charge is 2.20. The zero-order valence-electron chi connectivity index (χ0n) is 17.6. The summed E-state index contributed by atoms with van der Waals surface area (Å²) < 4.78 is 19.0. The minimum absolute atomic E-state index is 0.0719. The second kappa shape index (κ2) is 11.1. The number of amides is 2. The average Bonchev–Trinajstić information content (AvgIpc) is 3.00. The first-order chi connectivity index (χ1) is 14.9. The quantitative estimate of drug-likeness (QED) is 0.704. The van der Waals surface area contributed by atoms with Gasteiger partial charge < -0.3 is 15.0 Å². The molecule has 31 heavy (non-hydrogen) atoms. The Labute approximate surface area is 186 Å². The fourth-order valence-corrected chi connectivity index (χ4v) is 3.74. The number of aryl methyl sites for hydroxylation is 1. The summed E-state index contributed by atoms with van der Waals surface area (Å²) in [6.07, 6.45) is 1.91. The van der Waals surface area contributed by atoms with Crippen molar-refractivity contribution in [3.05, 3.63) is 58.9 Å². The summed E-state index contributed by atoms with van der Waals surface area (Å²) in [7, 11) is 1.63. The second-order valence-corrected chi connectivity index (χ2v) is 7.97. The highest BCUT2D eigenvalue weighted by atomic mass is 35.5. The molecule has 1 heterocycles. The van der Waals surface area contributed by atoms with Crippen LogP contribution in [-0.4, -0.2) is 61.4 Å². The third-order valence-corrected chi connectivity index (χ3v) is 5.53. The molecule has 1 aliphatic heterocycles. The van der Waals surface area contributed by atoms with Crippen molar-refractivity contribution in [3.8, 4) is 5.75 Å². The van der Waals surface area contributed by atoms with Crippen molar-refractivity contribution in [3.63, 3.8) is 0 Å². The van der Waals surface area contributed by atoms with Gasteiger partial charge in [0.2, 0.25) is 11.8 Å². The van der Waals surface area contributed by atoms with E-state index < -0.39 is 5.82 Å². The molecule has 2 amide bonds. The molecule has 0 radical (unpaired) electrons. The van der Waals surface area contributed by atoms with Crippen molar-refractivity contribution >= 4 is 29.1 Å². The van der Waals surface area contributed by atoms with E-state index in [0.29, 0.717) is 44.0 Å². The molecule has 0 aromatic heterocycles. The molecular formula is C23H27ClFN3O3. The Morgan fingerprint density at radius 1 is 1.10 bits per heavy atom. The smallest absolute Gasteiger partial charge is 0.238 e. The summed E-state index contributed by atoms with van der Waals surface area (Å²) in [5, 5.41) is 2.93. The normalized spacial score (nSPS) is 14.7. The Morgan fingerprint density at radius 3 is 2.61 bits per heavy atom. The van der Waals surface area contributed by atoms with Gasteiger partial charge in [0.15, 0.2) is 0 Å². The van der Waals surface area contributed by atoms with Gasteiger partial charge in [-0.25, -0.2) is 4.39 Å². The Morgan fingerprint density at radius 2 is 1.87 bits per heavy atom. The summed E-state index contributed by atoms with van der Waals surface area (Å²) in [6.45, 7) is 2.68. The van der Waals surface area contributed by atoms with E-state index in [9.17, 15) is 14.0 Å². The fourth-order valence-electron chi connectivity index (χ4n) is 3.57. The molecule has 1 N–H and O–H groups in total. The summed E-state index contributed by atoms with van der Waals surface area (Å²) in [6, 6.07) is 11.8. The third-order valence-electron chi connectivity index (χ3n) is 5.30. The molecule has 0 aliphatic carbocycles. The molecule has 2 aromatic rings. The minimum Gasteiger partial charge on any atom is -0.497 e. The van der Waals surface area contributed by atoms with Crippen molar-refractivity contribution < 1.29 is 18.7 Å². The molecule has 0 spiro atoms. The summed E-state index contributed by atoms with van der Waals surface area (Å²) >= 11 is 5.87. The second-order valence-electron chi connectivity index (χ2n) is 7.53.